The topological polar surface area (TPSA) is 38.3 Å². The Labute approximate surface area is 66.4 Å². The maximum atomic E-state index is 10.7. The van der Waals surface area contributed by atoms with Crippen LogP contribution in [0.3, 0.4) is 0 Å². The zero-order valence-corrected chi connectivity index (χ0v) is 6.67. The minimum absolute atomic E-state index is 0.0690. The summed E-state index contributed by atoms with van der Waals surface area (Å²) in [6.45, 7) is 0.822. The van der Waals surface area contributed by atoms with Gasteiger partial charge in [0.2, 0.25) is 5.91 Å². The third-order valence-corrected chi connectivity index (χ3v) is 1.67. The van der Waals surface area contributed by atoms with E-state index in [1.165, 1.54) is 6.08 Å². The molecule has 0 bridgehead atoms. The second-order valence-corrected chi connectivity index (χ2v) is 2.52. The lowest BCUT2D eigenvalue weighted by Gasteiger charge is -2.00. The number of likely N-dealkylation sites (N-methyl/N-ethyl adjacent to an activating group) is 1. The van der Waals surface area contributed by atoms with Gasteiger partial charge in [-0.05, 0) is 12.8 Å². The Bertz CT molecular complexity index is 159. The van der Waals surface area contributed by atoms with Crippen molar-refractivity contribution in [1.82, 2.24) is 5.32 Å². The number of carbonyl (C=O) groups is 1. The van der Waals surface area contributed by atoms with E-state index in [0.29, 0.717) is 0 Å². The molecule has 1 N–H and O–H groups in total. The van der Waals surface area contributed by atoms with E-state index in [1.807, 2.05) is 6.08 Å². The molecule has 1 fully saturated rings. The van der Waals surface area contributed by atoms with Gasteiger partial charge in [0.25, 0.3) is 0 Å². The average Bonchev–Trinajstić information content (AvgIpc) is 2.52. The van der Waals surface area contributed by atoms with E-state index in [-0.39, 0.29) is 12.0 Å². The van der Waals surface area contributed by atoms with Crippen LogP contribution in [-0.2, 0) is 9.53 Å². The Hall–Kier alpha value is -0.830. The van der Waals surface area contributed by atoms with Crippen molar-refractivity contribution in [3.8, 4) is 0 Å². The van der Waals surface area contributed by atoms with E-state index in [2.05, 4.69) is 5.32 Å². The maximum Gasteiger partial charge on any atom is 0.243 e. The molecule has 1 saturated heterocycles. The Balaban J connectivity index is 2.27. The van der Waals surface area contributed by atoms with Gasteiger partial charge >= 0.3 is 0 Å². The van der Waals surface area contributed by atoms with Gasteiger partial charge in [-0.15, -0.1) is 0 Å². The molecular weight excluding hydrogens is 142 g/mol. The summed E-state index contributed by atoms with van der Waals surface area (Å²) >= 11 is 0. The fourth-order valence-corrected chi connectivity index (χ4v) is 1.03. The van der Waals surface area contributed by atoms with Gasteiger partial charge in [-0.3, -0.25) is 4.79 Å². The number of ether oxygens (including phenoxy) is 1. The highest BCUT2D eigenvalue weighted by atomic mass is 16.5. The number of amides is 1. The van der Waals surface area contributed by atoms with Crippen molar-refractivity contribution in [2.75, 3.05) is 13.7 Å². The Morgan fingerprint density at radius 2 is 2.55 bits per heavy atom. The summed E-state index contributed by atoms with van der Waals surface area (Å²) < 4.78 is 5.28. The highest BCUT2D eigenvalue weighted by Gasteiger charge is 2.11. The molecule has 1 rings (SSSR count). The lowest BCUT2D eigenvalue weighted by Crippen LogP contribution is -2.15. The minimum Gasteiger partial charge on any atom is -0.374 e. The molecule has 0 aromatic carbocycles. The highest BCUT2D eigenvalue weighted by Crippen LogP contribution is 2.12. The number of carbonyl (C=O) groups excluding carboxylic acids is 1. The molecule has 3 nitrogen and oxygen atoms in total. The molecule has 3 heteroatoms. The monoisotopic (exact) mass is 155 g/mol. The van der Waals surface area contributed by atoms with Gasteiger partial charge in [-0.2, -0.15) is 0 Å². The second kappa shape index (κ2) is 4.13. The molecule has 11 heavy (non-hydrogen) atoms. The molecule has 1 unspecified atom stereocenters. The maximum absolute atomic E-state index is 10.7. The van der Waals surface area contributed by atoms with Crippen molar-refractivity contribution in [3.05, 3.63) is 12.2 Å². The Morgan fingerprint density at radius 3 is 3.09 bits per heavy atom. The van der Waals surface area contributed by atoms with Crippen LogP contribution in [0.15, 0.2) is 12.2 Å². The molecule has 1 aliphatic heterocycles. The van der Waals surface area contributed by atoms with Gasteiger partial charge in [0, 0.05) is 19.7 Å². The smallest absolute Gasteiger partial charge is 0.243 e. The molecule has 1 atom stereocenters. The van der Waals surface area contributed by atoms with Gasteiger partial charge in [-0.25, -0.2) is 0 Å². The molecule has 1 heterocycles. The molecule has 0 spiro atoms. The molecule has 0 aliphatic carbocycles. The lowest BCUT2D eigenvalue weighted by atomic mass is 10.2. The molecule has 0 aromatic rings. The van der Waals surface area contributed by atoms with E-state index in [1.54, 1.807) is 7.05 Å². The number of hydrogen-bond acceptors (Lipinski definition) is 2. The normalized spacial score (nSPS) is 24.3. The van der Waals surface area contributed by atoms with Gasteiger partial charge in [0.1, 0.15) is 0 Å². The summed E-state index contributed by atoms with van der Waals surface area (Å²) in [6, 6.07) is 0. The lowest BCUT2D eigenvalue weighted by molar-refractivity contribution is -0.116. The van der Waals surface area contributed by atoms with Gasteiger partial charge in [-0.1, -0.05) is 6.08 Å². The van der Waals surface area contributed by atoms with E-state index in [4.69, 9.17) is 4.74 Å². The fraction of sp³-hybridized carbons (Fsp3) is 0.625. The number of hydrogen-bond donors (Lipinski definition) is 1. The van der Waals surface area contributed by atoms with Crippen molar-refractivity contribution < 1.29 is 9.53 Å². The zero-order chi connectivity index (χ0) is 8.10. The van der Waals surface area contributed by atoms with Crippen LogP contribution >= 0.6 is 0 Å². The van der Waals surface area contributed by atoms with Crippen molar-refractivity contribution in [1.29, 1.82) is 0 Å². The van der Waals surface area contributed by atoms with Crippen LogP contribution in [0.25, 0.3) is 0 Å². The minimum atomic E-state index is -0.0690. The van der Waals surface area contributed by atoms with Gasteiger partial charge in [0.15, 0.2) is 0 Å². The number of rotatable bonds is 2. The van der Waals surface area contributed by atoms with Crippen molar-refractivity contribution >= 4 is 5.91 Å². The molecule has 0 radical (unpaired) electrons. The van der Waals surface area contributed by atoms with Crippen LogP contribution in [0.2, 0.25) is 0 Å². The van der Waals surface area contributed by atoms with Crippen LogP contribution in [0.1, 0.15) is 12.8 Å². The van der Waals surface area contributed by atoms with E-state index < -0.39 is 0 Å². The van der Waals surface area contributed by atoms with Gasteiger partial charge < -0.3 is 10.1 Å². The van der Waals surface area contributed by atoms with Crippen molar-refractivity contribution in [2.45, 2.75) is 18.9 Å². The largest absolute Gasteiger partial charge is 0.374 e. The molecule has 0 aromatic heterocycles. The van der Waals surface area contributed by atoms with E-state index in [9.17, 15) is 4.79 Å². The second-order valence-electron chi connectivity index (χ2n) is 2.52. The fourth-order valence-electron chi connectivity index (χ4n) is 1.03. The van der Waals surface area contributed by atoms with Crippen molar-refractivity contribution in [3.63, 3.8) is 0 Å². The first-order valence-electron chi connectivity index (χ1n) is 3.84. The summed E-state index contributed by atoms with van der Waals surface area (Å²) in [7, 11) is 1.61. The average molecular weight is 155 g/mol. The van der Waals surface area contributed by atoms with Crippen LogP contribution in [0.5, 0.6) is 0 Å². The predicted molar refractivity (Wildman–Crippen MR) is 42.2 cm³/mol. The molecule has 0 saturated carbocycles. The third kappa shape index (κ3) is 2.72. The standard InChI is InChI=1S/C8H13NO2/c1-9-8(10)5-4-7-3-2-6-11-7/h4-5,7H,2-3,6H2,1H3,(H,9,10). The van der Waals surface area contributed by atoms with E-state index in [0.717, 1.165) is 19.4 Å². The summed E-state index contributed by atoms with van der Waals surface area (Å²) in [6.07, 6.45) is 5.63. The van der Waals surface area contributed by atoms with Crippen LogP contribution in [0, 0.1) is 0 Å². The number of nitrogens with one attached hydrogen (secondary N) is 1. The van der Waals surface area contributed by atoms with Crippen LogP contribution in [-0.4, -0.2) is 25.7 Å². The first kappa shape index (κ1) is 8.27. The molecule has 1 aliphatic rings. The molecular formula is C8H13NO2. The SMILES string of the molecule is CNC(=O)C=CC1CCCO1. The molecule has 62 valence electrons. The summed E-state index contributed by atoms with van der Waals surface area (Å²) in [4.78, 5) is 10.7. The zero-order valence-electron chi connectivity index (χ0n) is 6.67. The first-order valence-corrected chi connectivity index (χ1v) is 3.84. The third-order valence-electron chi connectivity index (χ3n) is 1.67. The summed E-state index contributed by atoms with van der Waals surface area (Å²) in [5.74, 6) is -0.0690. The highest BCUT2D eigenvalue weighted by molar-refractivity contribution is 5.87. The first-order chi connectivity index (χ1) is 5.33. The van der Waals surface area contributed by atoms with Gasteiger partial charge in [0.05, 0.1) is 6.10 Å². The summed E-state index contributed by atoms with van der Waals surface area (Å²) in [5.41, 5.74) is 0. The quantitative estimate of drug-likeness (QED) is 0.588. The molecule has 1 amide bonds. The Morgan fingerprint density at radius 1 is 1.73 bits per heavy atom. The predicted octanol–water partition coefficient (Wildman–Crippen LogP) is 0.468. The van der Waals surface area contributed by atoms with Crippen LogP contribution in [0.4, 0.5) is 0 Å². The van der Waals surface area contributed by atoms with Crippen molar-refractivity contribution in [2.24, 2.45) is 0 Å². The Kier molecular flexibility index (Phi) is 3.11. The summed E-state index contributed by atoms with van der Waals surface area (Å²) in [5, 5.41) is 2.51. The van der Waals surface area contributed by atoms with Crippen LogP contribution < -0.4 is 5.32 Å². The van der Waals surface area contributed by atoms with E-state index >= 15 is 0 Å².